The van der Waals surface area contributed by atoms with Gasteiger partial charge in [-0.25, -0.2) is 6.07 Å². The SMILES string of the molecule is Brc1ccc(Br)s1.Brc1cccs1.O=Cc1ccc(-c2ccc(-c3cccs3)s2)s1.O=Cc1ccc(-c2ccc(-c3cccs3)s2)s1.[Br-].[Mg+2].[c-]1cccs1.c1csc(-c2ccc(-c3cccs3)s2)c1. The molecule has 0 atom stereocenters. The van der Waals surface area contributed by atoms with Gasteiger partial charge < -0.3 is 28.3 Å². The van der Waals surface area contributed by atoms with Crippen molar-refractivity contribution in [2.75, 3.05) is 0 Å². The van der Waals surface area contributed by atoms with Gasteiger partial charge in [0.25, 0.3) is 0 Å². The number of carbonyl (C=O) groups excluding carboxylic acids is 2. The summed E-state index contributed by atoms with van der Waals surface area (Å²) >= 11 is 30.5. The largest absolute Gasteiger partial charge is 2.00 e. The second-order valence-electron chi connectivity index (χ2n) is 12.7. The number of hydrogen-bond donors (Lipinski definition) is 0. The minimum absolute atomic E-state index is 0. The molecule has 12 aromatic heterocycles. The minimum atomic E-state index is 0. The maximum Gasteiger partial charge on any atom is 2.00 e. The van der Waals surface area contributed by atoms with E-state index in [-0.39, 0.29) is 40.0 Å². The number of aldehydes is 2. The van der Waals surface area contributed by atoms with Crippen molar-refractivity contribution in [1.29, 1.82) is 0 Å². The van der Waals surface area contributed by atoms with Crippen molar-refractivity contribution >= 4 is 219 Å². The van der Waals surface area contributed by atoms with Crippen molar-refractivity contribution < 1.29 is 26.6 Å². The number of rotatable bonds is 8. The standard InChI is InChI=1S/2C13H8OS3.C12H8S3.C4H2Br2S.C4H3BrS.C4H3S.BrH.Mg/c2*14-8-9-3-4-12(16-9)13-6-5-11(17-13)10-2-1-7-15-10;1-3-9(13-7-1)11-5-6-12(15-11)10-4-2-8-14-10;5-3-1-2-4(6)7-3;5-4-2-1-3-6-4;1-2-4-5-3-1;;/h2*1-8H;1-8H;1-2H;1-3H;1-3H;1H;/q;;;;;-1;;+2/p-1. The number of carbonyl (C=O) groups is 2. The minimum Gasteiger partial charge on any atom is -1.00 e. The fraction of sp³-hybridized carbons (Fsp3) is 0. The molecule has 12 heterocycles. The fourth-order valence-electron chi connectivity index (χ4n) is 5.33. The van der Waals surface area contributed by atoms with Crippen LogP contribution in [0.4, 0.5) is 0 Å². The Kier molecular flexibility index (Phi) is 27.0. The van der Waals surface area contributed by atoms with Gasteiger partial charge in [0.15, 0.2) is 12.6 Å². The molecule has 0 amide bonds. The van der Waals surface area contributed by atoms with Gasteiger partial charge in [-0.1, -0.05) is 30.3 Å². The Balaban J connectivity index is 0.000000162. The van der Waals surface area contributed by atoms with E-state index in [9.17, 15) is 9.59 Å². The number of thiophene rings is 12. The van der Waals surface area contributed by atoms with Crippen LogP contribution in [-0.4, -0.2) is 35.6 Å². The zero-order valence-corrected chi connectivity index (χ0v) is 53.0. The summed E-state index contributed by atoms with van der Waals surface area (Å²) < 4.78 is 3.53. The van der Waals surface area contributed by atoms with Crippen LogP contribution in [0.3, 0.4) is 0 Å². The zero-order valence-electron chi connectivity index (χ0n) is 35.4. The van der Waals surface area contributed by atoms with Crippen molar-refractivity contribution in [2.24, 2.45) is 0 Å². The van der Waals surface area contributed by atoms with Gasteiger partial charge in [0, 0.05) is 58.5 Å². The van der Waals surface area contributed by atoms with Crippen molar-refractivity contribution in [3.8, 4) is 58.5 Å². The molecule has 0 spiro atoms. The van der Waals surface area contributed by atoms with E-state index in [2.05, 4.69) is 160 Å². The molecule has 0 saturated carbocycles. The molecule has 0 N–H and O–H groups in total. The third-order valence-electron chi connectivity index (χ3n) is 8.25. The Morgan fingerprint density at radius 1 is 0.333 bits per heavy atom. The van der Waals surface area contributed by atoms with Crippen LogP contribution in [0, 0.1) is 5.38 Å². The summed E-state index contributed by atoms with van der Waals surface area (Å²) in [6, 6.07) is 49.6. The molecule has 0 unspecified atom stereocenters. The quantitative estimate of drug-likeness (QED) is 0.0863. The normalized spacial score (nSPS) is 9.84. The van der Waals surface area contributed by atoms with Crippen LogP contribution in [0.15, 0.2) is 189 Å². The Morgan fingerprint density at radius 2 is 0.667 bits per heavy atom. The predicted octanol–water partition coefficient (Wildman–Crippen LogP) is 19.2. The molecule has 0 radical (unpaired) electrons. The molecule has 2 nitrogen and oxygen atoms in total. The summed E-state index contributed by atoms with van der Waals surface area (Å²) in [7, 11) is 0. The first-order chi connectivity index (χ1) is 32.8. The molecule has 12 rings (SSSR count). The topological polar surface area (TPSA) is 34.1 Å². The van der Waals surface area contributed by atoms with Gasteiger partial charge in [0.2, 0.25) is 0 Å². The van der Waals surface area contributed by atoms with E-state index in [1.54, 1.807) is 125 Å². The van der Waals surface area contributed by atoms with Crippen molar-refractivity contribution in [1.82, 2.24) is 0 Å². The third-order valence-corrected chi connectivity index (χ3v) is 22.4. The first kappa shape index (κ1) is 58.3. The summed E-state index contributed by atoms with van der Waals surface area (Å²) in [5.41, 5.74) is 0. The van der Waals surface area contributed by atoms with Gasteiger partial charge >= 0.3 is 23.1 Å². The van der Waals surface area contributed by atoms with E-state index in [1.807, 2.05) is 82.8 Å². The molecule has 0 bridgehead atoms. The van der Waals surface area contributed by atoms with E-state index in [0.717, 1.165) is 22.3 Å². The first-order valence-electron chi connectivity index (χ1n) is 19.4. The summed E-state index contributed by atoms with van der Waals surface area (Å²) in [5.74, 6) is 0. The molecule has 0 aliphatic heterocycles. The maximum atomic E-state index is 10.7. The second-order valence-corrected chi connectivity index (χ2v) is 28.9. The molecule has 19 heteroatoms. The molecule has 0 aliphatic rings. The van der Waals surface area contributed by atoms with Gasteiger partial charge in [-0.3, -0.25) is 9.59 Å². The smallest absolute Gasteiger partial charge is 1.00 e. The molecule has 0 aromatic carbocycles. The molecular weight excluding hydrogens is 1360 g/mol. The number of halogens is 4. The van der Waals surface area contributed by atoms with Crippen LogP contribution in [0.1, 0.15) is 19.3 Å². The molecule has 0 saturated heterocycles. The Morgan fingerprint density at radius 3 is 0.870 bits per heavy atom. The van der Waals surface area contributed by atoms with E-state index < -0.39 is 0 Å². The Hall–Kier alpha value is -1.57. The molecule has 346 valence electrons. The third kappa shape index (κ3) is 19.0. The van der Waals surface area contributed by atoms with Gasteiger partial charge in [-0.2, -0.15) is 11.4 Å². The van der Waals surface area contributed by atoms with E-state index in [0.29, 0.717) is 0 Å². The van der Waals surface area contributed by atoms with Crippen molar-refractivity contribution in [3.05, 3.63) is 204 Å². The van der Waals surface area contributed by atoms with Crippen LogP contribution in [0.25, 0.3) is 58.5 Å². The molecular formula is C50H32Br4MgO2S12. The molecule has 12 aromatic rings. The molecule has 69 heavy (non-hydrogen) atoms. The number of hydrogen-bond acceptors (Lipinski definition) is 14. The summed E-state index contributed by atoms with van der Waals surface area (Å²) in [6.07, 6.45) is 1.81. The average molecular weight is 1390 g/mol. The van der Waals surface area contributed by atoms with Crippen LogP contribution in [0.2, 0.25) is 0 Å². The predicted molar refractivity (Wildman–Crippen MR) is 324 cm³/mol. The summed E-state index contributed by atoms with van der Waals surface area (Å²) in [5, 5.41) is 15.3. The van der Waals surface area contributed by atoms with Gasteiger partial charge in [-0.15, -0.1) is 130 Å². The van der Waals surface area contributed by atoms with Crippen LogP contribution >= 0.6 is 184 Å². The van der Waals surface area contributed by atoms with E-state index in [4.69, 9.17) is 0 Å². The van der Waals surface area contributed by atoms with E-state index in [1.165, 1.54) is 69.9 Å². The van der Waals surface area contributed by atoms with Crippen molar-refractivity contribution in [2.45, 2.75) is 0 Å². The van der Waals surface area contributed by atoms with Gasteiger partial charge in [0.05, 0.1) is 21.1 Å². The Labute approximate surface area is 501 Å². The second kappa shape index (κ2) is 31.9. The maximum absolute atomic E-state index is 10.7. The van der Waals surface area contributed by atoms with Gasteiger partial charge in [-0.05, 0) is 178 Å². The summed E-state index contributed by atoms with van der Waals surface area (Å²) in [4.78, 5) is 38.3. The van der Waals surface area contributed by atoms with Crippen LogP contribution in [0.5, 0.6) is 0 Å². The first-order valence-corrected chi connectivity index (χ1v) is 32.0. The Bertz CT molecular complexity index is 2970. The summed E-state index contributed by atoms with van der Waals surface area (Å²) in [6.45, 7) is 0. The van der Waals surface area contributed by atoms with Crippen molar-refractivity contribution in [3.63, 3.8) is 0 Å². The average Bonchev–Trinajstić information content (AvgIpc) is 4.19. The van der Waals surface area contributed by atoms with Gasteiger partial charge in [0.1, 0.15) is 0 Å². The fourth-order valence-corrected chi connectivity index (χ4v) is 17.2. The molecule has 0 aliphatic carbocycles. The molecule has 0 fully saturated rings. The monoisotopic (exact) mass is 1390 g/mol. The zero-order chi connectivity index (χ0) is 46.6. The van der Waals surface area contributed by atoms with Crippen LogP contribution < -0.4 is 17.0 Å². The van der Waals surface area contributed by atoms with Crippen LogP contribution in [-0.2, 0) is 0 Å². The van der Waals surface area contributed by atoms with E-state index >= 15 is 0 Å².